The van der Waals surface area contributed by atoms with Crippen LogP contribution in [0.3, 0.4) is 0 Å². The van der Waals surface area contributed by atoms with E-state index in [0.717, 1.165) is 6.42 Å². The van der Waals surface area contributed by atoms with E-state index in [1.165, 1.54) is 0 Å². The first-order chi connectivity index (χ1) is 10.3. The van der Waals surface area contributed by atoms with E-state index in [0.29, 0.717) is 6.61 Å². The van der Waals surface area contributed by atoms with Crippen LogP contribution in [-0.2, 0) is 28.5 Å². The number of fused-ring (bicyclic) bond motifs is 2. The first kappa shape index (κ1) is 13.9. The molecule has 0 radical (unpaired) electrons. The molecule has 4 aliphatic heterocycles. The van der Waals surface area contributed by atoms with Crippen molar-refractivity contribution in [2.24, 2.45) is 5.92 Å². The van der Waals surface area contributed by atoms with Gasteiger partial charge < -0.3 is 23.7 Å². The summed E-state index contributed by atoms with van der Waals surface area (Å²) in [6.07, 6.45) is 0.235. The number of rotatable bonds is 4. The van der Waals surface area contributed by atoms with Gasteiger partial charge in [-0.2, -0.15) is 0 Å². The molecule has 6 nitrogen and oxygen atoms in total. The van der Waals surface area contributed by atoms with E-state index >= 15 is 0 Å². The van der Waals surface area contributed by atoms with Crippen molar-refractivity contribution in [3.05, 3.63) is 0 Å². The van der Waals surface area contributed by atoms with E-state index < -0.39 is 11.7 Å². The zero-order valence-electron chi connectivity index (χ0n) is 13.3. The molecule has 8 atom stereocenters. The average Bonchev–Trinajstić information content (AvgIpc) is 3.28. The van der Waals surface area contributed by atoms with Crippen molar-refractivity contribution >= 4 is 5.78 Å². The number of hydrogen-bond acceptors (Lipinski definition) is 6. The number of carbonyl (C=O) groups is 1. The summed E-state index contributed by atoms with van der Waals surface area (Å²) in [5, 5.41) is 0. The lowest BCUT2D eigenvalue weighted by molar-refractivity contribution is -0.139. The monoisotopic (exact) mass is 310 g/mol. The second-order valence-electron chi connectivity index (χ2n) is 7.99. The van der Waals surface area contributed by atoms with Gasteiger partial charge in [0.2, 0.25) is 0 Å². The number of carbonyl (C=O) groups excluding carboxylic acids is 1. The Bertz CT molecular complexity index is 555. The first-order valence-corrected chi connectivity index (χ1v) is 8.05. The standard InChI is InChI=1S/C16H22O6/c1-14(2)7(21-14)5-8-15(3,22-8)12-10(18-4)9(17)11-13(20-11)16(12)6-19-16/h7-8,10-13H,5-6H2,1-4H3/t7?,8-,10-,11?,12-,13?,15?,16+/m1/s1. The van der Waals surface area contributed by atoms with Crippen LogP contribution in [0.25, 0.3) is 0 Å². The quantitative estimate of drug-likeness (QED) is 0.702. The van der Waals surface area contributed by atoms with Gasteiger partial charge in [-0.1, -0.05) is 0 Å². The van der Waals surface area contributed by atoms with Crippen molar-refractivity contribution < 1.29 is 28.5 Å². The van der Waals surface area contributed by atoms with Gasteiger partial charge in [-0.15, -0.1) is 0 Å². The Balaban J connectivity index is 1.40. The molecular weight excluding hydrogens is 288 g/mol. The first-order valence-electron chi connectivity index (χ1n) is 8.05. The second kappa shape index (κ2) is 3.75. The lowest BCUT2D eigenvalue weighted by Gasteiger charge is -2.35. The number of hydrogen-bond donors (Lipinski definition) is 0. The minimum Gasteiger partial charge on any atom is -0.373 e. The Morgan fingerprint density at radius 1 is 1.23 bits per heavy atom. The molecule has 122 valence electrons. The molecule has 0 aromatic rings. The van der Waals surface area contributed by atoms with E-state index in [1.807, 2.05) is 0 Å². The summed E-state index contributed by atoms with van der Waals surface area (Å²) in [6, 6.07) is 0. The minimum absolute atomic E-state index is 0.0390. The fourth-order valence-electron chi connectivity index (χ4n) is 4.61. The Labute approximate surface area is 129 Å². The number of epoxide rings is 4. The molecular formula is C16H22O6. The zero-order chi connectivity index (χ0) is 15.5. The number of ether oxygens (including phenoxy) is 5. The molecule has 0 amide bonds. The van der Waals surface area contributed by atoms with Gasteiger partial charge in [0.25, 0.3) is 0 Å². The van der Waals surface area contributed by atoms with Crippen molar-refractivity contribution in [1.82, 2.24) is 0 Å². The van der Waals surface area contributed by atoms with Gasteiger partial charge >= 0.3 is 0 Å². The molecule has 6 heteroatoms. The lowest BCUT2D eigenvalue weighted by atomic mass is 9.68. The molecule has 4 unspecified atom stereocenters. The maximum Gasteiger partial charge on any atom is 0.193 e. The van der Waals surface area contributed by atoms with Gasteiger partial charge in [-0.3, -0.25) is 4.79 Å². The molecule has 4 saturated heterocycles. The molecule has 1 saturated carbocycles. The molecule has 5 fully saturated rings. The third kappa shape index (κ3) is 1.60. The molecule has 22 heavy (non-hydrogen) atoms. The van der Waals surface area contributed by atoms with Crippen LogP contribution in [-0.4, -0.2) is 66.8 Å². The molecule has 5 aliphatic rings. The van der Waals surface area contributed by atoms with Crippen molar-refractivity contribution in [3.8, 4) is 0 Å². The highest BCUT2D eigenvalue weighted by Crippen LogP contribution is 2.63. The fourth-order valence-corrected chi connectivity index (χ4v) is 4.61. The maximum absolute atomic E-state index is 12.5. The average molecular weight is 310 g/mol. The summed E-state index contributed by atoms with van der Waals surface area (Å²) in [5.41, 5.74) is -0.831. The third-order valence-corrected chi connectivity index (χ3v) is 6.28. The van der Waals surface area contributed by atoms with Crippen molar-refractivity contribution in [2.45, 2.75) is 74.5 Å². The molecule has 4 heterocycles. The van der Waals surface area contributed by atoms with Crippen LogP contribution in [0.4, 0.5) is 0 Å². The molecule has 0 bridgehead atoms. The van der Waals surface area contributed by atoms with Crippen LogP contribution < -0.4 is 0 Å². The lowest BCUT2D eigenvalue weighted by Crippen LogP contribution is -2.57. The number of Topliss-reactive ketones (excluding diaryl/α,β-unsaturated/α-hetero) is 1. The minimum atomic E-state index is -0.505. The molecule has 5 rings (SSSR count). The predicted octanol–water partition coefficient (Wildman–Crippen LogP) is 0.462. The summed E-state index contributed by atoms with van der Waals surface area (Å²) in [5.74, 6) is -0.0646. The fraction of sp³-hybridized carbons (Fsp3) is 0.938. The second-order valence-corrected chi connectivity index (χ2v) is 7.99. The predicted molar refractivity (Wildman–Crippen MR) is 73.5 cm³/mol. The highest BCUT2D eigenvalue weighted by molar-refractivity contribution is 5.92. The summed E-state index contributed by atoms with van der Waals surface area (Å²) >= 11 is 0. The van der Waals surface area contributed by atoms with Gasteiger partial charge in [0.15, 0.2) is 5.78 Å². The van der Waals surface area contributed by atoms with Gasteiger partial charge in [0, 0.05) is 13.5 Å². The largest absolute Gasteiger partial charge is 0.373 e. The SMILES string of the molecule is CO[C@@H]1C(=O)C2OC2[C@]2(CO2)[C@H]1C1(C)O[C@@H]1CC1OC1(C)C. The van der Waals surface area contributed by atoms with Crippen LogP contribution in [0.15, 0.2) is 0 Å². The highest BCUT2D eigenvalue weighted by Gasteiger charge is 2.82. The third-order valence-electron chi connectivity index (χ3n) is 6.28. The van der Waals surface area contributed by atoms with Gasteiger partial charge in [0.1, 0.15) is 29.5 Å². The Morgan fingerprint density at radius 2 is 1.91 bits per heavy atom. The van der Waals surface area contributed by atoms with E-state index in [9.17, 15) is 4.79 Å². The van der Waals surface area contributed by atoms with Crippen LogP contribution in [0.2, 0.25) is 0 Å². The van der Waals surface area contributed by atoms with E-state index in [2.05, 4.69) is 20.8 Å². The topological polar surface area (TPSA) is 76.4 Å². The van der Waals surface area contributed by atoms with E-state index in [-0.39, 0.29) is 47.3 Å². The Kier molecular flexibility index (Phi) is 2.37. The Morgan fingerprint density at radius 3 is 2.45 bits per heavy atom. The molecule has 0 aromatic heterocycles. The van der Waals surface area contributed by atoms with Crippen LogP contribution in [0.1, 0.15) is 27.2 Å². The number of methoxy groups -OCH3 is 1. The van der Waals surface area contributed by atoms with Crippen LogP contribution >= 0.6 is 0 Å². The van der Waals surface area contributed by atoms with Crippen LogP contribution in [0.5, 0.6) is 0 Å². The van der Waals surface area contributed by atoms with Crippen molar-refractivity contribution in [1.29, 1.82) is 0 Å². The molecule has 1 spiro atoms. The highest BCUT2D eigenvalue weighted by atomic mass is 16.7. The molecule has 0 N–H and O–H groups in total. The summed E-state index contributed by atoms with van der Waals surface area (Å²) < 4.78 is 28.7. The zero-order valence-corrected chi connectivity index (χ0v) is 13.3. The molecule has 0 aromatic carbocycles. The van der Waals surface area contributed by atoms with Crippen LogP contribution in [0, 0.1) is 5.92 Å². The van der Waals surface area contributed by atoms with Crippen molar-refractivity contribution in [2.75, 3.05) is 13.7 Å². The summed E-state index contributed by atoms with van der Waals surface area (Å²) in [7, 11) is 1.59. The Hall–Kier alpha value is -0.530. The van der Waals surface area contributed by atoms with E-state index in [1.54, 1.807) is 7.11 Å². The van der Waals surface area contributed by atoms with Gasteiger partial charge in [0.05, 0.1) is 30.3 Å². The van der Waals surface area contributed by atoms with Crippen molar-refractivity contribution in [3.63, 3.8) is 0 Å². The maximum atomic E-state index is 12.5. The molecule has 1 aliphatic carbocycles. The summed E-state index contributed by atoms with van der Waals surface area (Å²) in [6.45, 7) is 6.88. The summed E-state index contributed by atoms with van der Waals surface area (Å²) in [4.78, 5) is 12.5. The smallest absolute Gasteiger partial charge is 0.193 e. The number of ketones is 1. The van der Waals surface area contributed by atoms with Gasteiger partial charge in [-0.25, -0.2) is 0 Å². The normalized spacial score (nSPS) is 60.1. The van der Waals surface area contributed by atoms with Gasteiger partial charge in [-0.05, 0) is 20.8 Å². The van der Waals surface area contributed by atoms with E-state index in [4.69, 9.17) is 23.7 Å².